The summed E-state index contributed by atoms with van der Waals surface area (Å²) in [5.41, 5.74) is 0.930. The van der Waals surface area contributed by atoms with Gasteiger partial charge >= 0.3 is 6.09 Å². The Hall–Kier alpha value is -2.08. The van der Waals surface area contributed by atoms with Gasteiger partial charge in [0.2, 0.25) is 0 Å². The van der Waals surface area contributed by atoms with Crippen molar-refractivity contribution in [1.29, 1.82) is 0 Å². The third-order valence-corrected chi connectivity index (χ3v) is 2.91. The fourth-order valence-corrected chi connectivity index (χ4v) is 1.95. The Morgan fingerprint density at radius 1 is 1.30 bits per heavy atom. The second-order valence-electron chi connectivity index (χ2n) is 4.63. The summed E-state index contributed by atoms with van der Waals surface area (Å²) in [6.07, 6.45) is -1.66. The van der Waals surface area contributed by atoms with Crippen LogP contribution in [0.3, 0.4) is 0 Å². The van der Waals surface area contributed by atoms with Gasteiger partial charge in [-0.2, -0.15) is 0 Å². The maximum atomic E-state index is 12.1. The van der Waals surface area contributed by atoms with Crippen LogP contribution in [0.2, 0.25) is 0 Å². The maximum Gasteiger partial charge on any atom is 0.404 e. The van der Waals surface area contributed by atoms with E-state index in [0.717, 1.165) is 5.56 Å². The first kappa shape index (κ1) is 16.0. The van der Waals surface area contributed by atoms with E-state index in [4.69, 9.17) is 9.84 Å². The van der Waals surface area contributed by atoms with Gasteiger partial charge in [0.25, 0.3) is 5.91 Å². The zero-order valence-corrected chi connectivity index (χ0v) is 11.9. The van der Waals surface area contributed by atoms with Gasteiger partial charge in [-0.05, 0) is 12.0 Å². The van der Waals surface area contributed by atoms with Crippen molar-refractivity contribution >= 4 is 12.0 Å². The average Bonchev–Trinajstić information content (AvgIpc) is 2.39. The third-order valence-electron chi connectivity index (χ3n) is 2.91. The van der Waals surface area contributed by atoms with Gasteiger partial charge in [-0.25, -0.2) is 4.79 Å². The highest BCUT2D eigenvalue weighted by molar-refractivity contribution is 5.82. The van der Waals surface area contributed by atoms with Crippen LogP contribution in [0.4, 0.5) is 4.79 Å². The summed E-state index contributed by atoms with van der Waals surface area (Å²) in [5, 5.41) is 11.3. The average molecular weight is 280 g/mol. The molecule has 2 amide bonds. The lowest BCUT2D eigenvalue weighted by atomic mass is 10.0. The summed E-state index contributed by atoms with van der Waals surface area (Å²) in [6.45, 7) is 0. The lowest BCUT2D eigenvalue weighted by Gasteiger charge is -2.27. The summed E-state index contributed by atoms with van der Waals surface area (Å²) >= 11 is 0. The van der Waals surface area contributed by atoms with Crippen molar-refractivity contribution in [2.45, 2.75) is 18.6 Å². The Labute approximate surface area is 118 Å². The number of ether oxygens (including phenoxy) is 1. The minimum Gasteiger partial charge on any atom is -0.465 e. The van der Waals surface area contributed by atoms with E-state index in [0.29, 0.717) is 6.42 Å². The van der Waals surface area contributed by atoms with Gasteiger partial charge < -0.3 is 20.1 Å². The molecule has 0 saturated heterocycles. The number of benzene rings is 1. The number of carboxylic acid groups (broad SMARTS) is 1. The Morgan fingerprint density at radius 3 is 2.35 bits per heavy atom. The quantitative estimate of drug-likeness (QED) is 0.814. The first-order chi connectivity index (χ1) is 9.45. The minimum absolute atomic E-state index is 0.276. The van der Waals surface area contributed by atoms with E-state index in [9.17, 15) is 9.59 Å². The van der Waals surface area contributed by atoms with Crippen molar-refractivity contribution in [3.63, 3.8) is 0 Å². The molecule has 1 aromatic rings. The first-order valence-electron chi connectivity index (χ1n) is 6.23. The third kappa shape index (κ3) is 4.55. The van der Waals surface area contributed by atoms with Crippen LogP contribution in [0, 0.1) is 0 Å². The molecule has 0 fully saturated rings. The van der Waals surface area contributed by atoms with Gasteiger partial charge in [-0.15, -0.1) is 0 Å². The predicted octanol–water partition coefficient (Wildman–Crippen LogP) is 0.968. The molecule has 0 radical (unpaired) electrons. The normalized spacial score (nSPS) is 13.3. The zero-order valence-electron chi connectivity index (χ0n) is 11.9. The number of nitrogens with zero attached hydrogens (tertiary/aromatic N) is 1. The summed E-state index contributed by atoms with van der Waals surface area (Å²) in [7, 11) is 4.61. The fraction of sp³-hybridized carbons (Fsp3) is 0.429. The molecular weight excluding hydrogens is 260 g/mol. The summed E-state index contributed by atoms with van der Waals surface area (Å²) in [4.78, 5) is 24.4. The van der Waals surface area contributed by atoms with E-state index >= 15 is 0 Å². The second kappa shape index (κ2) is 7.49. The van der Waals surface area contributed by atoms with Crippen LogP contribution in [0.5, 0.6) is 0 Å². The van der Waals surface area contributed by atoms with Crippen molar-refractivity contribution in [3.05, 3.63) is 35.9 Å². The lowest BCUT2D eigenvalue weighted by Crippen LogP contribution is -2.52. The van der Waals surface area contributed by atoms with E-state index in [1.807, 2.05) is 30.3 Å². The first-order valence-corrected chi connectivity index (χ1v) is 6.23. The van der Waals surface area contributed by atoms with Gasteiger partial charge in [0, 0.05) is 21.2 Å². The van der Waals surface area contributed by atoms with Gasteiger partial charge in [0.05, 0.1) is 6.04 Å². The molecule has 2 N–H and O–H groups in total. The largest absolute Gasteiger partial charge is 0.465 e. The van der Waals surface area contributed by atoms with Crippen molar-refractivity contribution in [2.24, 2.45) is 0 Å². The number of carbonyl (C=O) groups is 2. The lowest BCUT2D eigenvalue weighted by molar-refractivity contribution is -0.140. The number of hydrogen-bond acceptors (Lipinski definition) is 3. The molecular formula is C14H20N2O4. The molecule has 0 aliphatic carbocycles. The van der Waals surface area contributed by atoms with E-state index in [2.05, 4.69) is 5.32 Å². The van der Waals surface area contributed by atoms with Crippen molar-refractivity contribution < 1.29 is 19.4 Å². The van der Waals surface area contributed by atoms with Crippen LogP contribution in [-0.2, 0) is 16.0 Å². The number of methoxy groups -OCH3 is 1. The Kier molecular flexibility index (Phi) is 5.99. The molecule has 20 heavy (non-hydrogen) atoms. The van der Waals surface area contributed by atoms with Crippen LogP contribution in [0.15, 0.2) is 30.3 Å². The highest BCUT2D eigenvalue weighted by Gasteiger charge is 2.30. The molecule has 0 bridgehead atoms. The Balaban J connectivity index is 2.92. The monoisotopic (exact) mass is 280 g/mol. The molecule has 6 heteroatoms. The van der Waals surface area contributed by atoms with Crippen molar-refractivity contribution in [2.75, 3.05) is 21.2 Å². The minimum atomic E-state index is -1.18. The Morgan fingerprint density at radius 2 is 1.90 bits per heavy atom. The zero-order chi connectivity index (χ0) is 15.1. The highest BCUT2D eigenvalue weighted by Crippen LogP contribution is 2.10. The number of likely N-dealkylation sites (N-methyl/N-ethyl adjacent to an activating group) is 1. The SMILES string of the molecule is COC(C(=O)N(C)C)C(Cc1ccccc1)NC(=O)O. The number of carbonyl (C=O) groups excluding carboxylic acids is 1. The number of hydrogen-bond donors (Lipinski definition) is 2. The molecule has 1 aromatic carbocycles. The number of rotatable bonds is 6. The van der Waals surface area contributed by atoms with Gasteiger partial charge in [-0.3, -0.25) is 4.79 Å². The van der Waals surface area contributed by atoms with E-state index in [-0.39, 0.29) is 5.91 Å². The van der Waals surface area contributed by atoms with E-state index < -0.39 is 18.2 Å². The molecule has 0 heterocycles. The molecule has 0 aliphatic heterocycles. The molecule has 1 rings (SSSR count). The maximum absolute atomic E-state index is 12.1. The van der Waals surface area contributed by atoms with Crippen LogP contribution in [0.1, 0.15) is 5.56 Å². The van der Waals surface area contributed by atoms with Crippen molar-refractivity contribution in [1.82, 2.24) is 10.2 Å². The van der Waals surface area contributed by atoms with Crippen LogP contribution in [-0.4, -0.2) is 55.4 Å². The van der Waals surface area contributed by atoms with E-state index in [1.54, 1.807) is 14.1 Å². The molecule has 0 saturated carbocycles. The summed E-state index contributed by atoms with van der Waals surface area (Å²) in [6, 6.07) is 8.72. The predicted molar refractivity (Wildman–Crippen MR) is 74.6 cm³/mol. The van der Waals surface area contributed by atoms with Gasteiger partial charge in [-0.1, -0.05) is 30.3 Å². The van der Waals surface area contributed by atoms with E-state index in [1.165, 1.54) is 12.0 Å². The molecule has 2 unspecified atom stereocenters. The molecule has 110 valence electrons. The molecule has 0 aromatic heterocycles. The molecule has 6 nitrogen and oxygen atoms in total. The van der Waals surface area contributed by atoms with Gasteiger partial charge in [0.1, 0.15) is 0 Å². The summed E-state index contributed by atoms with van der Waals surface area (Å²) in [5.74, 6) is -0.276. The van der Waals surface area contributed by atoms with Crippen LogP contribution < -0.4 is 5.32 Å². The number of nitrogens with one attached hydrogen (secondary N) is 1. The van der Waals surface area contributed by atoms with Crippen LogP contribution >= 0.6 is 0 Å². The second-order valence-corrected chi connectivity index (χ2v) is 4.63. The van der Waals surface area contributed by atoms with Gasteiger partial charge in [0.15, 0.2) is 6.10 Å². The fourth-order valence-electron chi connectivity index (χ4n) is 1.95. The standard InChI is InChI=1S/C14H20N2O4/c1-16(2)13(17)12(20-3)11(15-14(18)19)9-10-7-5-4-6-8-10/h4-8,11-12,15H,9H2,1-3H3,(H,18,19). The molecule has 2 atom stereocenters. The topological polar surface area (TPSA) is 78.9 Å². The highest BCUT2D eigenvalue weighted by atomic mass is 16.5. The molecule has 0 spiro atoms. The van der Waals surface area contributed by atoms with Crippen LogP contribution in [0.25, 0.3) is 0 Å². The number of amides is 2. The summed E-state index contributed by atoms with van der Waals surface area (Å²) < 4.78 is 5.19. The Bertz CT molecular complexity index is 448. The smallest absolute Gasteiger partial charge is 0.404 e. The molecule has 0 aliphatic rings. The van der Waals surface area contributed by atoms with Crippen molar-refractivity contribution in [3.8, 4) is 0 Å².